The zero-order chi connectivity index (χ0) is 17.4. The van der Waals surface area contributed by atoms with Crippen molar-refractivity contribution in [1.29, 1.82) is 0 Å². The zero-order valence-electron chi connectivity index (χ0n) is 14.0. The van der Waals surface area contributed by atoms with Gasteiger partial charge in [-0.3, -0.25) is 14.6 Å². The van der Waals surface area contributed by atoms with Gasteiger partial charge in [-0.15, -0.1) is 0 Å². The molecule has 126 valence electrons. The third-order valence-corrected chi connectivity index (χ3v) is 3.64. The summed E-state index contributed by atoms with van der Waals surface area (Å²) in [7, 11) is 0. The highest BCUT2D eigenvalue weighted by atomic mass is 16.5. The highest BCUT2D eigenvalue weighted by molar-refractivity contribution is 5.94. The van der Waals surface area contributed by atoms with E-state index in [0.29, 0.717) is 30.8 Å². The van der Waals surface area contributed by atoms with Crippen LogP contribution in [0.2, 0.25) is 0 Å². The van der Waals surface area contributed by atoms with Crippen molar-refractivity contribution < 1.29 is 14.3 Å². The minimum atomic E-state index is -0.0475. The highest BCUT2D eigenvalue weighted by Crippen LogP contribution is 2.14. The molecule has 1 amide bonds. The lowest BCUT2D eigenvalue weighted by Crippen LogP contribution is -2.26. The van der Waals surface area contributed by atoms with Crippen molar-refractivity contribution in [3.05, 3.63) is 59.9 Å². The van der Waals surface area contributed by atoms with Crippen LogP contribution >= 0.6 is 0 Å². The van der Waals surface area contributed by atoms with Crippen LogP contribution in [0.1, 0.15) is 48.7 Å². The van der Waals surface area contributed by atoms with E-state index in [1.54, 1.807) is 36.7 Å². The molecule has 0 saturated heterocycles. The Bertz CT molecular complexity index is 686. The van der Waals surface area contributed by atoms with Gasteiger partial charge in [0.2, 0.25) is 5.91 Å². The molecule has 1 atom stereocenters. The Kier molecular flexibility index (Phi) is 6.49. The first-order valence-corrected chi connectivity index (χ1v) is 7.99. The van der Waals surface area contributed by atoms with Crippen LogP contribution in [-0.2, 0) is 4.79 Å². The van der Waals surface area contributed by atoms with Gasteiger partial charge in [0.25, 0.3) is 0 Å². The van der Waals surface area contributed by atoms with Gasteiger partial charge >= 0.3 is 0 Å². The van der Waals surface area contributed by atoms with Gasteiger partial charge in [-0.25, -0.2) is 0 Å². The van der Waals surface area contributed by atoms with Crippen molar-refractivity contribution in [2.45, 2.75) is 32.7 Å². The monoisotopic (exact) mass is 326 g/mol. The summed E-state index contributed by atoms with van der Waals surface area (Å²) in [6.07, 6.45) is 4.42. The van der Waals surface area contributed by atoms with E-state index in [1.165, 1.54) is 6.92 Å². The maximum absolute atomic E-state index is 12.0. The number of nitrogens with zero attached hydrogens (tertiary/aromatic N) is 1. The van der Waals surface area contributed by atoms with Crippen LogP contribution in [-0.4, -0.2) is 23.3 Å². The Balaban J connectivity index is 1.71. The molecule has 5 heteroatoms. The zero-order valence-corrected chi connectivity index (χ0v) is 14.0. The van der Waals surface area contributed by atoms with E-state index >= 15 is 0 Å². The Hall–Kier alpha value is -2.69. The molecule has 2 rings (SSSR count). The number of pyridine rings is 1. The number of aromatic nitrogens is 1. The van der Waals surface area contributed by atoms with Gasteiger partial charge in [-0.1, -0.05) is 12.1 Å². The Labute approximate surface area is 142 Å². The molecule has 0 aliphatic rings. The SMILES string of the molecule is CC(=O)c1cccc(OCCCC(=O)N[C@@H](C)c2ccncc2)c1. The first kappa shape index (κ1) is 17.7. The summed E-state index contributed by atoms with van der Waals surface area (Å²) in [5, 5.41) is 2.95. The molecule has 0 spiro atoms. The number of hydrogen-bond donors (Lipinski definition) is 1. The number of carbonyl (C=O) groups is 2. The average Bonchev–Trinajstić information content (AvgIpc) is 2.59. The molecule has 0 radical (unpaired) electrons. The predicted octanol–water partition coefficient (Wildman–Crippen LogP) is 3.32. The van der Waals surface area contributed by atoms with Crippen LogP contribution in [0.5, 0.6) is 5.75 Å². The summed E-state index contributed by atoms with van der Waals surface area (Å²) in [6, 6.07) is 10.8. The lowest BCUT2D eigenvalue weighted by atomic mass is 10.1. The molecule has 2 aromatic rings. The molecule has 1 heterocycles. The van der Waals surface area contributed by atoms with Crippen molar-refractivity contribution >= 4 is 11.7 Å². The molecule has 0 unspecified atom stereocenters. The topological polar surface area (TPSA) is 68.3 Å². The maximum Gasteiger partial charge on any atom is 0.220 e. The summed E-state index contributed by atoms with van der Waals surface area (Å²) >= 11 is 0. The summed E-state index contributed by atoms with van der Waals surface area (Å²) in [5.74, 6) is 0.638. The molecular weight excluding hydrogens is 304 g/mol. The average molecular weight is 326 g/mol. The van der Waals surface area contributed by atoms with Crippen LogP contribution in [0.3, 0.4) is 0 Å². The fraction of sp³-hybridized carbons (Fsp3) is 0.316. The van der Waals surface area contributed by atoms with E-state index in [2.05, 4.69) is 10.3 Å². The largest absolute Gasteiger partial charge is 0.494 e. The first-order chi connectivity index (χ1) is 11.6. The number of nitrogens with one attached hydrogen (secondary N) is 1. The fourth-order valence-corrected chi connectivity index (χ4v) is 2.28. The Morgan fingerprint density at radius 2 is 1.96 bits per heavy atom. The van der Waals surface area contributed by atoms with Crippen molar-refractivity contribution in [3.63, 3.8) is 0 Å². The highest BCUT2D eigenvalue weighted by Gasteiger charge is 2.09. The number of ether oxygens (including phenoxy) is 1. The summed E-state index contributed by atoms with van der Waals surface area (Å²) in [5.41, 5.74) is 1.65. The van der Waals surface area contributed by atoms with Crippen LogP contribution in [0, 0.1) is 0 Å². The van der Waals surface area contributed by atoms with Crippen LogP contribution in [0.25, 0.3) is 0 Å². The van der Waals surface area contributed by atoms with E-state index in [-0.39, 0.29) is 17.7 Å². The van der Waals surface area contributed by atoms with E-state index in [0.717, 1.165) is 5.56 Å². The lowest BCUT2D eigenvalue weighted by molar-refractivity contribution is -0.121. The van der Waals surface area contributed by atoms with Gasteiger partial charge in [0, 0.05) is 24.4 Å². The van der Waals surface area contributed by atoms with Gasteiger partial charge in [0.1, 0.15) is 5.75 Å². The fourth-order valence-electron chi connectivity index (χ4n) is 2.28. The molecule has 24 heavy (non-hydrogen) atoms. The Morgan fingerprint density at radius 1 is 1.21 bits per heavy atom. The molecule has 1 N–H and O–H groups in total. The molecule has 0 saturated carbocycles. The lowest BCUT2D eigenvalue weighted by Gasteiger charge is -2.14. The van der Waals surface area contributed by atoms with Crippen LogP contribution < -0.4 is 10.1 Å². The molecule has 1 aromatic carbocycles. The van der Waals surface area contributed by atoms with Gasteiger partial charge in [-0.05, 0) is 50.1 Å². The van der Waals surface area contributed by atoms with E-state index < -0.39 is 0 Å². The second kappa shape index (κ2) is 8.82. The molecule has 0 aliphatic heterocycles. The third-order valence-electron chi connectivity index (χ3n) is 3.64. The summed E-state index contributed by atoms with van der Waals surface area (Å²) < 4.78 is 5.60. The quantitative estimate of drug-likeness (QED) is 0.597. The molecular formula is C19H22N2O3. The smallest absolute Gasteiger partial charge is 0.220 e. The molecule has 0 fully saturated rings. The number of amides is 1. The van der Waals surface area contributed by atoms with Crippen LogP contribution in [0.15, 0.2) is 48.8 Å². The number of benzene rings is 1. The molecule has 1 aromatic heterocycles. The number of Topliss-reactive ketones (excluding diaryl/α,β-unsaturated/α-hetero) is 1. The van der Waals surface area contributed by atoms with E-state index in [1.807, 2.05) is 19.1 Å². The van der Waals surface area contributed by atoms with Crippen molar-refractivity contribution in [3.8, 4) is 5.75 Å². The van der Waals surface area contributed by atoms with Crippen molar-refractivity contribution in [1.82, 2.24) is 10.3 Å². The van der Waals surface area contributed by atoms with Gasteiger partial charge in [0.05, 0.1) is 12.6 Å². The second-order valence-electron chi connectivity index (χ2n) is 5.61. The first-order valence-electron chi connectivity index (χ1n) is 7.99. The Morgan fingerprint density at radius 3 is 2.67 bits per heavy atom. The number of hydrogen-bond acceptors (Lipinski definition) is 4. The van der Waals surface area contributed by atoms with Gasteiger partial charge in [0.15, 0.2) is 5.78 Å². The van der Waals surface area contributed by atoms with Crippen molar-refractivity contribution in [2.24, 2.45) is 0 Å². The number of carbonyl (C=O) groups excluding carboxylic acids is 2. The molecule has 5 nitrogen and oxygen atoms in total. The summed E-state index contributed by atoms with van der Waals surface area (Å²) in [6.45, 7) is 3.89. The van der Waals surface area contributed by atoms with Crippen molar-refractivity contribution in [2.75, 3.05) is 6.61 Å². The predicted molar refractivity (Wildman–Crippen MR) is 92.0 cm³/mol. The minimum absolute atomic E-state index is 0.00456. The summed E-state index contributed by atoms with van der Waals surface area (Å²) in [4.78, 5) is 27.2. The van der Waals surface area contributed by atoms with E-state index in [4.69, 9.17) is 4.74 Å². The molecule has 0 bridgehead atoms. The second-order valence-corrected chi connectivity index (χ2v) is 5.61. The van der Waals surface area contributed by atoms with Gasteiger partial charge in [-0.2, -0.15) is 0 Å². The maximum atomic E-state index is 12.0. The standard InChI is InChI=1S/C19H22N2O3/c1-14(16-8-10-20-11-9-16)21-19(23)7-4-12-24-18-6-3-5-17(13-18)15(2)22/h3,5-6,8-11,13-14H,4,7,12H2,1-2H3,(H,21,23)/t14-/m0/s1. The minimum Gasteiger partial charge on any atom is -0.494 e. The normalized spacial score (nSPS) is 11.6. The number of ketones is 1. The molecule has 0 aliphatic carbocycles. The van der Waals surface area contributed by atoms with E-state index in [9.17, 15) is 9.59 Å². The third kappa shape index (κ3) is 5.50. The number of rotatable bonds is 8. The van der Waals surface area contributed by atoms with Crippen LogP contribution in [0.4, 0.5) is 0 Å². The van der Waals surface area contributed by atoms with Gasteiger partial charge < -0.3 is 10.1 Å².